The van der Waals surface area contributed by atoms with E-state index in [1.54, 1.807) is 11.3 Å². The third-order valence-corrected chi connectivity index (χ3v) is 3.91. The molecule has 1 atom stereocenters. The molecule has 0 saturated heterocycles. The van der Waals surface area contributed by atoms with E-state index in [9.17, 15) is 13.2 Å². The van der Waals surface area contributed by atoms with Gasteiger partial charge < -0.3 is 5.32 Å². The van der Waals surface area contributed by atoms with Crippen molar-refractivity contribution in [1.82, 2.24) is 5.32 Å². The molecule has 6 heteroatoms. The first-order valence-electron chi connectivity index (χ1n) is 5.35. The first-order chi connectivity index (χ1) is 7.87. The standard InChI is InChI=1S/C11H17NO3S2/c1-9(7-10-3-5-16-8-10)12-11(13)4-6-17(2,14)15/h3,5,8-9H,4,6-7H2,1-2H3,(H,12,13). The molecule has 0 aliphatic carbocycles. The molecule has 17 heavy (non-hydrogen) atoms. The fourth-order valence-corrected chi connectivity index (χ4v) is 2.68. The Kier molecular flexibility index (Phi) is 5.14. The van der Waals surface area contributed by atoms with Crippen LogP contribution in [0, 0.1) is 0 Å². The Morgan fingerprint density at radius 1 is 1.53 bits per heavy atom. The van der Waals surface area contributed by atoms with Gasteiger partial charge in [-0.1, -0.05) is 0 Å². The fourth-order valence-electron chi connectivity index (χ4n) is 1.44. The Morgan fingerprint density at radius 3 is 2.76 bits per heavy atom. The van der Waals surface area contributed by atoms with Crippen molar-refractivity contribution in [3.8, 4) is 0 Å². The second kappa shape index (κ2) is 6.16. The van der Waals surface area contributed by atoms with Crippen LogP contribution in [0.1, 0.15) is 18.9 Å². The summed E-state index contributed by atoms with van der Waals surface area (Å²) in [6.07, 6.45) is 1.94. The number of carbonyl (C=O) groups is 1. The third kappa shape index (κ3) is 6.43. The number of hydrogen-bond donors (Lipinski definition) is 1. The van der Waals surface area contributed by atoms with Gasteiger partial charge in [-0.25, -0.2) is 8.42 Å². The number of thiophene rings is 1. The number of sulfone groups is 1. The second-order valence-corrected chi connectivity index (χ2v) is 7.22. The Labute approximate surface area is 106 Å². The van der Waals surface area contributed by atoms with E-state index in [4.69, 9.17) is 0 Å². The molecule has 1 aromatic heterocycles. The smallest absolute Gasteiger partial charge is 0.221 e. The second-order valence-electron chi connectivity index (χ2n) is 4.18. The molecule has 1 unspecified atom stereocenters. The van der Waals surface area contributed by atoms with Crippen molar-refractivity contribution in [2.45, 2.75) is 25.8 Å². The van der Waals surface area contributed by atoms with Crippen molar-refractivity contribution in [2.24, 2.45) is 0 Å². The van der Waals surface area contributed by atoms with Gasteiger partial charge >= 0.3 is 0 Å². The van der Waals surface area contributed by atoms with Gasteiger partial charge in [0.2, 0.25) is 5.91 Å². The minimum atomic E-state index is -3.06. The highest BCUT2D eigenvalue weighted by molar-refractivity contribution is 7.90. The molecular weight excluding hydrogens is 258 g/mol. The van der Waals surface area contributed by atoms with Gasteiger partial charge in [-0.15, -0.1) is 0 Å². The lowest BCUT2D eigenvalue weighted by atomic mass is 10.1. The molecule has 0 fully saturated rings. The molecule has 1 amide bonds. The maximum atomic E-state index is 11.5. The van der Waals surface area contributed by atoms with Crippen LogP contribution < -0.4 is 5.32 Å². The fraction of sp³-hybridized carbons (Fsp3) is 0.545. The molecule has 0 bridgehead atoms. The van der Waals surface area contributed by atoms with Crippen molar-refractivity contribution in [3.63, 3.8) is 0 Å². The first kappa shape index (κ1) is 14.2. The maximum Gasteiger partial charge on any atom is 0.221 e. The lowest BCUT2D eigenvalue weighted by molar-refractivity contribution is -0.121. The number of hydrogen-bond acceptors (Lipinski definition) is 4. The van der Waals surface area contributed by atoms with Crippen molar-refractivity contribution in [2.75, 3.05) is 12.0 Å². The summed E-state index contributed by atoms with van der Waals surface area (Å²) in [5, 5.41) is 6.83. The van der Waals surface area contributed by atoms with E-state index in [1.807, 2.05) is 23.8 Å². The van der Waals surface area contributed by atoms with Gasteiger partial charge in [0.25, 0.3) is 0 Å². The van der Waals surface area contributed by atoms with Gasteiger partial charge in [-0.3, -0.25) is 4.79 Å². The molecule has 0 saturated carbocycles. The van der Waals surface area contributed by atoms with Gasteiger partial charge in [-0.2, -0.15) is 11.3 Å². The van der Waals surface area contributed by atoms with Crippen LogP contribution in [0.15, 0.2) is 16.8 Å². The lowest BCUT2D eigenvalue weighted by Gasteiger charge is -2.12. The highest BCUT2D eigenvalue weighted by atomic mass is 32.2. The van der Waals surface area contributed by atoms with Crippen LogP contribution in [-0.2, 0) is 21.1 Å². The summed E-state index contributed by atoms with van der Waals surface area (Å²) < 4.78 is 21.8. The SMILES string of the molecule is CC(Cc1ccsc1)NC(=O)CCS(C)(=O)=O. The average molecular weight is 275 g/mol. The molecule has 1 heterocycles. The summed E-state index contributed by atoms with van der Waals surface area (Å²) in [5.41, 5.74) is 1.19. The van der Waals surface area contributed by atoms with E-state index >= 15 is 0 Å². The molecule has 0 aromatic carbocycles. The first-order valence-corrected chi connectivity index (χ1v) is 8.35. The van der Waals surface area contributed by atoms with Gasteiger partial charge in [0, 0.05) is 18.7 Å². The number of nitrogens with one attached hydrogen (secondary N) is 1. The quantitative estimate of drug-likeness (QED) is 0.849. The monoisotopic (exact) mass is 275 g/mol. The predicted octanol–water partition coefficient (Wildman–Crippen LogP) is 1.23. The molecular formula is C11H17NO3S2. The van der Waals surface area contributed by atoms with Crippen molar-refractivity contribution >= 4 is 27.1 Å². The summed E-state index contributed by atoms with van der Waals surface area (Å²) in [7, 11) is -3.06. The summed E-state index contributed by atoms with van der Waals surface area (Å²) in [6.45, 7) is 1.91. The predicted molar refractivity (Wildman–Crippen MR) is 70.0 cm³/mol. The Hall–Kier alpha value is -0.880. The molecule has 96 valence electrons. The molecule has 0 spiro atoms. The van der Waals surface area contributed by atoms with Crippen molar-refractivity contribution < 1.29 is 13.2 Å². The van der Waals surface area contributed by atoms with Crippen LogP contribution in [-0.4, -0.2) is 32.4 Å². The topological polar surface area (TPSA) is 63.2 Å². The maximum absolute atomic E-state index is 11.5. The lowest BCUT2D eigenvalue weighted by Crippen LogP contribution is -2.34. The van der Waals surface area contributed by atoms with Crippen LogP contribution in [0.25, 0.3) is 0 Å². The normalized spacial score (nSPS) is 13.3. The Bertz CT molecular complexity index is 451. The average Bonchev–Trinajstić information content (AvgIpc) is 2.66. The van der Waals surface area contributed by atoms with E-state index in [-0.39, 0.29) is 24.1 Å². The summed E-state index contributed by atoms with van der Waals surface area (Å²) >= 11 is 1.62. The molecule has 0 aliphatic rings. The van der Waals surface area contributed by atoms with Crippen molar-refractivity contribution in [1.29, 1.82) is 0 Å². The summed E-state index contributed by atoms with van der Waals surface area (Å²) in [5.74, 6) is -0.303. The minimum Gasteiger partial charge on any atom is -0.353 e. The van der Waals surface area contributed by atoms with E-state index in [0.29, 0.717) is 0 Å². The van der Waals surface area contributed by atoms with Crippen LogP contribution in [0.5, 0.6) is 0 Å². The zero-order chi connectivity index (χ0) is 12.9. The zero-order valence-electron chi connectivity index (χ0n) is 9.97. The van der Waals surface area contributed by atoms with Gasteiger partial charge in [0.15, 0.2) is 0 Å². The Balaban J connectivity index is 2.31. The van der Waals surface area contributed by atoms with Gasteiger partial charge in [0.1, 0.15) is 9.84 Å². The molecule has 0 aliphatic heterocycles. The largest absolute Gasteiger partial charge is 0.353 e. The minimum absolute atomic E-state index is 0.0247. The molecule has 1 rings (SSSR count). The summed E-state index contributed by atoms with van der Waals surface area (Å²) in [6, 6.07) is 2.04. The van der Waals surface area contributed by atoms with E-state index in [1.165, 1.54) is 5.56 Å². The number of amides is 1. The van der Waals surface area contributed by atoms with E-state index in [0.717, 1.165) is 12.7 Å². The van der Waals surface area contributed by atoms with E-state index < -0.39 is 9.84 Å². The zero-order valence-corrected chi connectivity index (χ0v) is 11.6. The highest BCUT2D eigenvalue weighted by Crippen LogP contribution is 2.08. The van der Waals surface area contributed by atoms with Crippen molar-refractivity contribution in [3.05, 3.63) is 22.4 Å². The number of rotatable bonds is 6. The third-order valence-electron chi connectivity index (χ3n) is 2.23. The van der Waals surface area contributed by atoms with E-state index in [2.05, 4.69) is 5.32 Å². The van der Waals surface area contributed by atoms with Crippen LogP contribution >= 0.6 is 11.3 Å². The molecule has 1 aromatic rings. The molecule has 1 N–H and O–H groups in total. The molecule has 4 nitrogen and oxygen atoms in total. The Morgan fingerprint density at radius 2 is 2.24 bits per heavy atom. The van der Waals surface area contributed by atoms with Crippen LogP contribution in [0.3, 0.4) is 0 Å². The number of carbonyl (C=O) groups excluding carboxylic acids is 1. The highest BCUT2D eigenvalue weighted by Gasteiger charge is 2.11. The van der Waals surface area contributed by atoms with Gasteiger partial charge in [-0.05, 0) is 35.7 Å². The van der Waals surface area contributed by atoms with Gasteiger partial charge in [0.05, 0.1) is 5.75 Å². The summed E-state index contributed by atoms with van der Waals surface area (Å²) in [4.78, 5) is 11.5. The van der Waals surface area contributed by atoms with Crippen LogP contribution in [0.2, 0.25) is 0 Å². The van der Waals surface area contributed by atoms with Crippen LogP contribution in [0.4, 0.5) is 0 Å². The molecule has 0 radical (unpaired) electrons.